The highest BCUT2D eigenvalue weighted by molar-refractivity contribution is 6.17. The van der Waals surface area contributed by atoms with Gasteiger partial charge in [0.05, 0.1) is 7.11 Å². The molecule has 1 aliphatic heterocycles. The standard InChI is InChI=1S/C23H32N8O4/c1-23(2,3)35-22(33)30-11-9-15(10-12-30)31-14-26-29-20(31)17-7-6-8-18(27-17)28-21(32)16(13-25-4)19(24)34-5/h6-8,13-15H,9-12,24H2,1-5H3,(H,27,28,32). The summed E-state index contributed by atoms with van der Waals surface area (Å²) in [5.41, 5.74) is 5.86. The maximum atomic E-state index is 12.7. The Kier molecular flexibility index (Phi) is 8.05. The highest BCUT2D eigenvalue weighted by atomic mass is 16.6. The number of rotatable bonds is 6. The maximum Gasteiger partial charge on any atom is 0.410 e. The fourth-order valence-electron chi connectivity index (χ4n) is 3.63. The lowest BCUT2D eigenvalue weighted by Gasteiger charge is -2.34. The van der Waals surface area contributed by atoms with Gasteiger partial charge in [-0.3, -0.25) is 9.79 Å². The quantitative estimate of drug-likeness (QED) is 0.360. The van der Waals surface area contributed by atoms with Gasteiger partial charge in [0.2, 0.25) is 0 Å². The molecular weight excluding hydrogens is 452 g/mol. The smallest absolute Gasteiger partial charge is 0.410 e. The number of ether oxygens (including phenoxy) is 2. The lowest BCUT2D eigenvalue weighted by molar-refractivity contribution is -0.112. The highest BCUT2D eigenvalue weighted by Crippen LogP contribution is 2.28. The van der Waals surface area contributed by atoms with Gasteiger partial charge in [-0.15, -0.1) is 10.2 Å². The van der Waals surface area contributed by atoms with Crippen LogP contribution in [0.15, 0.2) is 41.0 Å². The Hall–Kier alpha value is -3.96. The molecule has 1 saturated heterocycles. The number of piperidine rings is 1. The monoisotopic (exact) mass is 484 g/mol. The fraction of sp³-hybridized carbons (Fsp3) is 0.478. The zero-order valence-corrected chi connectivity index (χ0v) is 20.7. The van der Waals surface area contributed by atoms with E-state index in [-0.39, 0.29) is 23.6 Å². The minimum absolute atomic E-state index is 0.0540. The van der Waals surface area contributed by atoms with E-state index >= 15 is 0 Å². The maximum absolute atomic E-state index is 12.7. The van der Waals surface area contributed by atoms with Gasteiger partial charge < -0.3 is 30.0 Å². The predicted molar refractivity (Wildman–Crippen MR) is 131 cm³/mol. The van der Waals surface area contributed by atoms with E-state index in [1.165, 1.54) is 20.4 Å². The number of nitrogens with zero attached hydrogens (tertiary/aromatic N) is 6. The van der Waals surface area contributed by atoms with Gasteiger partial charge in [0.25, 0.3) is 5.91 Å². The number of nitrogens with one attached hydrogen (secondary N) is 1. The molecule has 3 rings (SSSR count). The third kappa shape index (κ3) is 6.55. The van der Waals surface area contributed by atoms with Crippen molar-refractivity contribution >= 4 is 24.0 Å². The van der Waals surface area contributed by atoms with Crippen LogP contribution >= 0.6 is 0 Å². The first-order valence-electron chi connectivity index (χ1n) is 11.2. The minimum Gasteiger partial charge on any atom is -0.482 e. The SMILES string of the molecule is CN=CC(C(=O)Nc1cccc(-c2nncn2C2CCN(C(=O)OC(C)(C)C)CC2)n1)=C(N)OC. The van der Waals surface area contributed by atoms with E-state index in [1.54, 1.807) is 29.4 Å². The van der Waals surface area contributed by atoms with Crippen molar-refractivity contribution in [3.63, 3.8) is 0 Å². The topological polar surface area (TPSA) is 150 Å². The molecule has 12 nitrogen and oxygen atoms in total. The third-order valence-electron chi connectivity index (χ3n) is 5.29. The Morgan fingerprint density at radius 2 is 1.97 bits per heavy atom. The molecule has 2 aromatic heterocycles. The Balaban J connectivity index is 1.73. The van der Waals surface area contributed by atoms with Crippen LogP contribution < -0.4 is 11.1 Å². The van der Waals surface area contributed by atoms with Gasteiger partial charge in [0.15, 0.2) is 11.7 Å². The molecule has 1 fully saturated rings. The molecule has 2 amide bonds. The Bertz CT molecular complexity index is 1110. The average molecular weight is 485 g/mol. The number of carbonyl (C=O) groups excluding carboxylic acids is 2. The van der Waals surface area contributed by atoms with Crippen LogP contribution in [0.25, 0.3) is 11.5 Å². The van der Waals surface area contributed by atoms with Gasteiger partial charge in [-0.2, -0.15) is 0 Å². The number of methoxy groups -OCH3 is 1. The first-order chi connectivity index (χ1) is 16.6. The van der Waals surface area contributed by atoms with Crippen molar-refractivity contribution in [2.24, 2.45) is 10.7 Å². The predicted octanol–water partition coefficient (Wildman–Crippen LogP) is 2.37. The molecule has 0 atom stereocenters. The summed E-state index contributed by atoms with van der Waals surface area (Å²) in [6.45, 7) is 6.69. The Labute approximate surface area is 204 Å². The summed E-state index contributed by atoms with van der Waals surface area (Å²) in [4.78, 5) is 35.1. The number of aliphatic imine (C=N–C) groups is 1. The average Bonchev–Trinajstić information content (AvgIpc) is 3.31. The van der Waals surface area contributed by atoms with E-state index in [0.29, 0.717) is 30.4 Å². The summed E-state index contributed by atoms with van der Waals surface area (Å²) in [5.74, 6) is 0.323. The second kappa shape index (κ2) is 11.0. The number of amides is 2. The summed E-state index contributed by atoms with van der Waals surface area (Å²) in [7, 11) is 2.90. The molecule has 1 aliphatic rings. The van der Waals surface area contributed by atoms with Crippen LogP contribution in [-0.2, 0) is 14.3 Å². The van der Waals surface area contributed by atoms with Gasteiger partial charge in [0.1, 0.15) is 29.0 Å². The van der Waals surface area contributed by atoms with Gasteiger partial charge in [-0.05, 0) is 45.7 Å². The number of nitrogens with two attached hydrogens (primary N) is 1. The molecule has 2 aromatic rings. The van der Waals surface area contributed by atoms with Crippen LogP contribution in [0, 0.1) is 0 Å². The van der Waals surface area contributed by atoms with Crippen LogP contribution in [0.2, 0.25) is 0 Å². The van der Waals surface area contributed by atoms with Crippen LogP contribution in [0.1, 0.15) is 39.7 Å². The van der Waals surface area contributed by atoms with E-state index in [1.807, 2.05) is 25.3 Å². The second-order valence-electron chi connectivity index (χ2n) is 8.99. The highest BCUT2D eigenvalue weighted by Gasteiger charge is 2.29. The van der Waals surface area contributed by atoms with Crippen LogP contribution in [-0.4, -0.2) is 75.7 Å². The summed E-state index contributed by atoms with van der Waals surface area (Å²) in [6, 6.07) is 5.31. The number of likely N-dealkylation sites (tertiary alicyclic amines) is 1. The van der Waals surface area contributed by atoms with E-state index < -0.39 is 11.5 Å². The molecule has 0 aromatic carbocycles. The Morgan fingerprint density at radius 1 is 1.26 bits per heavy atom. The fourth-order valence-corrected chi connectivity index (χ4v) is 3.63. The van der Waals surface area contributed by atoms with E-state index in [4.69, 9.17) is 15.2 Å². The normalized spacial score (nSPS) is 15.6. The largest absolute Gasteiger partial charge is 0.482 e. The van der Waals surface area contributed by atoms with Crippen LogP contribution in [0.4, 0.5) is 10.6 Å². The van der Waals surface area contributed by atoms with Crippen molar-refractivity contribution < 1.29 is 19.1 Å². The summed E-state index contributed by atoms with van der Waals surface area (Å²) < 4.78 is 12.4. The van der Waals surface area contributed by atoms with Crippen molar-refractivity contribution in [1.82, 2.24) is 24.6 Å². The first kappa shape index (κ1) is 25.7. The first-order valence-corrected chi connectivity index (χ1v) is 11.2. The van der Waals surface area contributed by atoms with Crippen molar-refractivity contribution in [3.05, 3.63) is 36.0 Å². The number of anilines is 1. The molecule has 0 radical (unpaired) electrons. The van der Waals surface area contributed by atoms with Crippen molar-refractivity contribution in [3.8, 4) is 11.5 Å². The molecule has 0 spiro atoms. The van der Waals surface area contributed by atoms with Gasteiger partial charge >= 0.3 is 6.09 Å². The molecule has 35 heavy (non-hydrogen) atoms. The van der Waals surface area contributed by atoms with Crippen molar-refractivity contribution in [2.75, 3.05) is 32.6 Å². The van der Waals surface area contributed by atoms with Gasteiger partial charge in [0, 0.05) is 32.4 Å². The van der Waals surface area contributed by atoms with E-state index in [9.17, 15) is 9.59 Å². The van der Waals surface area contributed by atoms with E-state index in [2.05, 4.69) is 25.5 Å². The van der Waals surface area contributed by atoms with Crippen LogP contribution in [0.5, 0.6) is 0 Å². The molecule has 0 bridgehead atoms. The minimum atomic E-state index is -0.531. The number of aromatic nitrogens is 4. The van der Waals surface area contributed by atoms with Gasteiger partial charge in [-0.25, -0.2) is 9.78 Å². The lowest BCUT2D eigenvalue weighted by atomic mass is 10.0. The van der Waals surface area contributed by atoms with Crippen molar-refractivity contribution in [2.45, 2.75) is 45.3 Å². The lowest BCUT2D eigenvalue weighted by Crippen LogP contribution is -2.42. The third-order valence-corrected chi connectivity index (χ3v) is 5.29. The van der Waals surface area contributed by atoms with E-state index in [0.717, 1.165) is 12.8 Å². The Morgan fingerprint density at radius 3 is 2.60 bits per heavy atom. The molecule has 3 N–H and O–H groups in total. The van der Waals surface area contributed by atoms with Crippen molar-refractivity contribution in [1.29, 1.82) is 0 Å². The zero-order valence-electron chi connectivity index (χ0n) is 20.7. The van der Waals surface area contributed by atoms with Crippen LogP contribution in [0.3, 0.4) is 0 Å². The molecule has 188 valence electrons. The second-order valence-corrected chi connectivity index (χ2v) is 8.99. The molecule has 12 heteroatoms. The number of carbonyl (C=O) groups is 2. The summed E-state index contributed by atoms with van der Waals surface area (Å²) in [6.07, 6.45) is 4.12. The number of pyridine rings is 1. The molecule has 0 saturated carbocycles. The summed E-state index contributed by atoms with van der Waals surface area (Å²) >= 11 is 0. The number of hydrogen-bond acceptors (Lipinski definition) is 9. The summed E-state index contributed by atoms with van der Waals surface area (Å²) in [5, 5.41) is 11.0. The zero-order chi connectivity index (χ0) is 25.6. The molecule has 0 unspecified atom stereocenters. The molecule has 0 aliphatic carbocycles. The number of hydrogen-bond donors (Lipinski definition) is 2. The molecular formula is C23H32N8O4. The van der Waals surface area contributed by atoms with Gasteiger partial charge in [-0.1, -0.05) is 6.07 Å². The molecule has 3 heterocycles.